The average Bonchev–Trinajstić information content (AvgIpc) is 2.28. The van der Waals surface area contributed by atoms with Crippen molar-refractivity contribution in [3.8, 4) is 0 Å². The fourth-order valence-corrected chi connectivity index (χ4v) is 1.90. The SMILES string of the molecule is CNc1ncc([N+](=O)[O-])c(SC(C)C(C)O)n1. The molecule has 2 N–H and O–H groups in total. The maximum Gasteiger partial charge on any atom is 0.319 e. The van der Waals surface area contributed by atoms with Crippen LogP contribution in [0.1, 0.15) is 13.8 Å². The number of thioether (sulfide) groups is 1. The lowest BCUT2D eigenvalue weighted by Crippen LogP contribution is -2.15. The highest BCUT2D eigenvalue weighted by Crippen LogP contribution is 2.31. The highest BCUT2D eigenvalue weighted by Gasteiger charge is 2.21. The Bertz CT molecular complexity index is 413. The van der Waals surface area contributed by atoms with Crippen LogP contribution in [0.2, 0.25) is 0 Å². The van der Waals surface area contributed by atoms with Crippen molar-refractivity contribution in [2.24, 2.45) is 0 Å². The van der Waals surface area contributed by atoms with Gasteiger partial charge in [0.1, 0.15) is 6.20 Å². The Labute approximate surface area is 103 Å². The molecule has 8 heteroatoms. The number of nitrogens with zero attached hydrogens (tertiary/aromatic N) is 3. The van der Waals surface area contributed by atoms with Gasteiger partial charge in [-0.3, -0.25) is 10.1 Å². The van der Waals surface area contributed by atoms with E-state index in [1.807, 2.05) is 0 Å². The summed E-state index contributed by atoms with van der Waals surface area (Å²) in [6.45, 7) is 3.41. The molecule has 1 rings (SSSR count). The molecule has 7 nitrogen and oxygen atoms in total. The van der Waals surface area contributed by atoms with Gasteiger partial charge in [0.15, 0.2) is 5.03 Å². The summed E-state index contributed by atoms with van der Waals surface area (Å²) in [5.41, 5.74) is -0.151. The summed E-state index contributed by atoms with van der Waals surface area (Å²) in [6, 6.07) is 0. The topological polar surface area (TPSA) is 101 Å². The normalized spacial score (nSPS) is 14.1. The van der Waals surface area contributed by atoms with E-state index < -0.39 is 11.0 Å². The van der Waals surface area contributed by atoms with Crippen LogP contribution in [0.5, 0.6) is 0 Å². The molecule has 0 aliphatic heterocycles. The van der Waals surface area contributed by atoms with Gasteiger partial charge in [0.05, 0.1) is 11.0 Å². The van der Waals surface area contributed by atoms with Crippen molar-refractivity contribution >= 4 is 23.4 Å². The Kier molecular flexibility index (Phi) is 4.64. The quantitative estimate of drug-likeness (QED) is 0.355. The summed E-state index contributed by atoms with van der Waals surface area (Å²) < 4.78 is 0. The monoisotopic (exact) mass is 258 g/mol. The number of nitrogens with one attached hydrogen (secondary N) is 1. The van der Waals surface area contributed by atoms with E-state index in [0.717, 1.165) is 18.0 Å². The predicted molar refractivity (Wildman–Crippen MR) is 65.2 cm³/mol. The van der Waals surface area contributed by atoms with Crippen molar-refractivity contribution in [3.05, 3.63) is 16.3 Å². The number of anilines is 1. The molecule has 0 radical (unpaired) electrons. The lowest BCUT2D eigenvalue weighted by atomic mass is 10.3. The van der Waals surface area contributed by atoms with Crippen molar-refractivity contribution in [2.45, 2.75) is 30.2 Å². The van der Waals surface area contributed by atoms with Crippen molar-refractivity contribution in [2.75, 3.05) is 12.4 Å². The minimum atomic E-state index is -0.576. The van der Waals surface area contributed by atoms with Crippen molar-refractivity contribution in [1.29, 1.82) is 0 Å². The first-order valence-electron chi connectivity index (χ1n) is 4.99. The molecule has 0 aromatic carbocycles. The molecule has 94 valence electrons. The van der Waals surface area contributed by atoms with E-state index in [1.165, 1.54) is 0 Å². The molecule has 2 atom stereocenters. The Hall–Kier alpha value is -1.41. The van der Waals surface area contributed by atoms with Gasteiger partial charge in [0, 0.05) is 12.3 Å². The van der Waals surface area contributed by atoms with E-state index in [2.05, 4.69) is 15.3 Å². The third-order valence-corrected chi connectivity index (χ3v) is 3.42. The number of nitro groups is 1. The zero-order valence-electron chi connectivity index (χ0n) is 9.75. The van der Waals surface area contributed by atoms with Crippen LogP contribution in [0, 0.1) is 10.1 Å². The molecule has 1 aromatic heterocycles. The van der Waals surface area contributed by atoms with Gasteiger partial charge in [-0.25, -0.2) is 4.98 Å². The van der Waals surface area contributed by atoms with Crippen LogP contribution < -0.4 is 5.32 Å². The molecule has 0 aliphatic carbocycles. The van der Waals surface area contributed by atoms with E-state index in [0.29, 0.717) is 5.95 Å². The summed E-state index contributed by atoms with van der Waals surface area (Å²) in [6.07, 6.45) is 0.586. The molecule has 0 saturated carbocycles. The largest absolute Gasteiger partial charge is 0.392 e. The molecule has 0 aliphatic rings. The van der Waals surface area contributed by atoms with Crippen LogP contribution in [0.3, 0.4) is 0 Å². The van der Waals surface area contributed by atoms with E-state index in [1.54, 1.807) is 20.9 Å². The summed E-state index contributed by atoms with van der Waals surface area (Å²) in [4.78, 5) is 18.1. The Morgan fingerprint density at radius 1 is 1.59 bits per heavy atom. The maximum absolute atomic E-state index is 10.8. The molecule has 0 fully saturated rings. The van der Waals surface area contributed by atoms with Gasteiger partial charge in [-0.15, -0.1) is 0 Å². The standard InChI is InChI=1S/C9H14N4O3S/c1-5(14)6(2)17-8-7(13(15)16)4-11-9(10-3)12-8/h4-6,14H,1-3H3,(H,10,11,12). The molecule has 0 bridgehead atoms. The minimum absolute atomic E-state index is 0.151. The van der Waals surface area contributed by atoms with Gasteiger partial charge >= 0.3 is 5.69 Å². The van der Waals surface area contributed by atoms with E-state index in [4.69, 9.17) is 0 Å². The van der Waals surface area contributed by atoms with Crippen LogP contribution in [-0.4, -0.2) is 38.4 Å². The van der Waals surface area contributed by atoms with Gasteiger partial charge in [-0.2, -0.15) is 4.98 Å². The summed E-state index contributed by atoms with van der Waals surface area (Å²) in [5.74, 6) is 0.316. The number of aliphatic hydroxyl groups is 1. The molecule has 2 unspecified atom stereocenters. The van der Waals surface area contributed by atoms with Gasteiger partial charge in [0.2, 0.25) is 5.95 Å². The van der Waals surface area contributed by atoms with Crippen LogP contribution >= 0.6 is 11.8 Å². The highest BCUT2D eigenvalue weighted by molar-refractivity contribution is 8.00. The second-order valence-electron chi connectivity index (χ2n) is 3.45. The Morgan fingerprint density at radius 3 is 2.71 bits per heavy atom. The molecule has 1 heterocycles. The minimum Gasteiger partial charge on any atom is -0.392 e. The number of rotatable bonds is 5. The lowest BCUT2D eigenvalue weighted by molar-refractivity contribution is -0.388. The first-order valence-corrected chi connectivity index (χ1v) is 5.87. The van der Waals surface area contributed by atoms with Crippen molar-refractivity contribution < 1.29 is 10.0 Å². The van der Waals surface area contributed by atoms with Crippen LogP contribution in [0.4, 0.5) is 11.6 Å². The number of aliphatic hydroxyl groups excluding tert-OH is 1. The summed E-state index contributed by atoms with van der Waals surface area (Å²) >= 11 is 1.15. The van der Waals surface area contributed by atoms with E-state index in [-0.39, 0.29) is 16.0 Å². The Balaban J connectivity index is 3.05. The van der Waals surface area contributed by atoms with Crippen LogP contribution in [0.15, 0.2) is 11.2 Å². The van der Waals surface area contributed by atoms with Gasteiger partial charge in [-0.05, 0) is 6.92 Å². The molecular weight excluding hydrogens is 244 g/mol. The number of aromatic nitrogens is 2. The highest BCUT2D eigenvalue weighted by atomic mass is 32.2. The third kappa shape index (κ3) is 3.53. The maximum atomic E-state index is 10.8. The fraction of sp³-hybridized carbons (Fsp3) is 0.556. The zero-order chi connectivity index (χ0) is 13.0. The molecular formula is C9H14N4O3S. The molecule has 17 heavy (non-hydrogen) atoms. The zero-order valence-corrected chi connectivity index (χ0v) is 10.6. The van der Waals surface area contributed by atoms with Crippen molar-refractivity contribution in [1.82, 2.24) is 9.97 Å². The van der Waals surface area contributed by atoms with Crippen LogP contribution in [0.25, 0.3) is 0 Å². The molecule has 1 aromatic rings. The van der Waals surface area contributed by atoms with Gasteiger partial charge < -0.3 is 10.4 Å². The first kappa shape index (κ1) is 13.7. The predicted octanol–water partition coefficient (Wildman–Crippen LogP) is 1.29. The smallest absolute Gasteiger partial charge is 0.319 e. The molecule has 0 saturated heterocycles. The first-order chi connectivity index (χ1) is 7.95. The summed E-state index contributed by atoms with van der Waals surface area (Å²) in [5, 5.41) is 23.0. The average molecular weight is 258 g/mol. The molecule has 0 amide bonds. The number of hydrogen-bond donors (Lipinski definition) is 2. The Morgan fingerprint density at radius 2 is 2.24 bits per heavy atom. The van der Waals surface area contributed by atoms with Crippen molar-refractivity contribution in [3.63, 3.8) is 0 Å². The molecule has 0 spiro atoms. The summed E-state index contributed by atoms with van der Waals surface area (Å²) in [7, 11) is 1.63. The third-order valence-electron chi connectivity index (χ3n) is 2.13. The van der Waals surface area contributed by atoms with Crippen LogP contribution in [-0.2, 0) is 0 Å². The van der Waals surface area contributed by atoms with Gasteiger partial charge in [-0.1, -0.05) is 18.7 Å². The second kappa shape index (κ2) is 5.78. The fourth-order valence-electron chi connectivity index (χ4n) is 0.967. The van der Waals surface area contributed by atoms with E-state index >= 15 is 0 Å². The van der Waals surface area contributed by atoms with E-state index in [9.17, 15) is 15.2 Å². The van der Waals surface area contributed by atoms with Gasteiger partial charge in [0.25, 0.3) is 0 Å². The lowest BCUT2D eigenvalue weighted by Gasteiger charge is -2.13. The number of hydrogen-bond acceptors (Lipinski definition) is 7. The second-order valence-corrected chi connectivity index (χ2v) is 4.82.